The summed E-state index contributed by atoms with van der Waals surface area (Å²) in [7, 11) is 0. The number of hydrogen-bond donors (Lipinski definition) is 2. The predicted octanol–water partition coefficient (Wildman–Crippen LogP) is 3.30. The van der Waals surface area contributed by atoms with Gasteiger partial charge in [0.15, 0.2) is 0 Å². The van der Waals surface area contributed by atoms with Crippen molar-refractivity contribution in [3.8, 4) is 0 Å². The van der Waals surface area contributed by atoms with Crippen LogP contribution in [0.1, 0.15) is 57.3 Å². The average Bonchev–Trinajstić information content (AvgIpc) is 3.13. The molecule has 2 N–H and O–H groups in total. The first-order valence-corrected chi connectivity index (χ1v) is 7.00. The van der Waals surface area contributed by atoms with E-state index in [0.29, 0.717) is 12.0 Å². The summed E-state index contributed by atoms with van der Waals surface area (Å²) < 4.78 is 0. The molecule has 1 aliphatic rings. The Labute approximate surface area is 110 Å². The molecule has 0 amide bonds. The highest BCUT2D eigenvalue weighted by molar-refractivity contribution is 5.57. The lowest BCUT2D eigenvalue weighted by molar-refractivity contribution is 0.854. The van der Waals surface area contributed by atoms with Gasteiger partial charge in [0.05, 0.1) is 0 Å². The molecule has 0 radical (unpaired) electrons. The van der Waals surface area contributed by atoms with Gasteiger partial charge in [0.2, 0.25) is 0 Å². The minimum absolute atomic E-state index is 0.393. The zero-order valence-electron chi connectivity index (χ0n) is 11.9. The fourth-order valence-corrected chi connectivity index (χ4v) is 1.89. The van der Waals surface area contributed by atoms with E-state index >= 15 is 0 Å². The van der Waals surface area contributed by atoms with E-state index in [1.165, 1.54) is 12.8 Å². The third kappa shape index (κ3) is 3.12. The second-order valence-electron chi connectivity index (χ2n) is 5.40. The molecule has 0 saturated heterocycles. The lowest BCUT2D eigenvalue weighted by atomic mass is 10.2. The molecule has 1 aliphatic carbocycles. The van der Waals surface area contributed by atoms with Gasteiger partial charge in [-0.05, 0) is 40.0 Å². The summed E-state index contributed by atoms with van der Waals surface area (Å²) in [6.45, 7) is 9.48. The van der Waals surface area contributed by atoms with Gasteiger partial charge in [0.1, 0.15) is 17.5 Å². The van der Waals surface area contributed by atoms with Crippen molar-refractivity contribution >= 4 is 11.6 Å². The van der Waals surface area contributed by atoms with Crippen LogP contribution in [0.4, 0.5) is 11.6 Å². The molecule has 4 nitrogen and oxygen atoms in total. The SMILES string of the molecule is CCCNc1nc(C2CC2)nc(NC(C)C)c1C. The van der Waals surface area contributed by atoms with Crippen LogP contribution in [0, 0.1) is 6.92 Å². The monoisotopic (exact) mass is 248 g/mol. The Balaban J connectivity index is 2.28. The number of nitrogens with zero attached hydrogens (tertiary/aromatic N) is 2. The smallest absolute Gasteiger partial charge is 0.136 e. The summed E-state index contributed by atoms with van der Waals surface area (Å²) in [5, 5.41) is 6.83. The maximum Gasteiger partial charge on any atom is 0.136 e. The summed E-state index contributed by atoms with van der Waals surface area (Å²) in [5.41, 5.74) is 1.13. The van der Waals surface area contributed by atoms with Crippen molar-refractivity contribution in [3.63, 3.8) is 0 Å². The maximum absolute atomic E-state index is 4.68. The molecule has 0 aromatic carbocycles. The van der Waals surface area contributed by atoms with Crippen LogP contribution in [0.3, 0.4) is 0 Å². The number of nitrogens with one attached hydrogen (secondary N) is 2. The van der Waals surface area contributed by atoms with E-state index in [2.05, 4.69) is 48.3 Å². The number of anilines is 2. The van der Waals surface area contributed by atoms with Gasteiger partial charge >= 0.3 is 0 Å². The molecule has 2 rings (SSSR count). The second-order valence-corrected chi connectivity index (χ2v) is 5.40. The highest BCUT2D eigenvalue weighted by atomic mass is 15.1. The molecule has 18 heavy (non-hydrogen) atoms. The summed E-state index contributed by atoms with van der Waals surface area (Å²) in [4.78, 5) is 9.36. The van der Waals surface area contributed by atoms with E-state index in [-0.39, 0.29) is 0 Å². The predicted molar refractivity (Wildman–Crippen MR) is 76.3 cm³/mol. The Morgan fingerprint density at radius 2 is 1.89 bits per heavy atom. The quantitative estimate of drug-likeness (QED) is 0.811. The van der Waals surface area contributed by atoms with Crippen LogP contribution < -0.4 is 10.6 Å². The zero-order valence-corrected chi connectivity index (χ0v) is 11.9. The average molecular weight is 248 g/mol. The highest BCUT2D eigenvalue weighted by Gasteiger charge is 2.28. The minimum atomic E-state index is 0.393. The van der Waals surface area contributed by atoms with E-state index in [0.717, 1.165) is 36.0 Å². The van der Waals surface area contributed by atoms with Gasteiger partial charge in [-0.1, -0.05) is 6.92 Å². The Morgan fingerprint density at radius 3 is 2.44 bits per heavy atom. The molecule has 1 saturated carbocycles. The summed E-state index contributed by atoms with van der Waals surface area (Å²) in [6.07, 6.45) is 3.57. The second kappa shape index (κ2) is 5.55. The summed E-state index contributed by atoms with van der Waals surface area (Å²) >= 11 is 0. The van der Waals surface area contributed by atoms with Crippen molar-refractivity contribution < 1.29 is 0 Å². The van der Waals surface area contributed by atoms with Gasteiger partial charge in [0, 0.05) is 24.1 Å². The number of hydrogen-bond acceptors (Lipinski definition) is 4. The molecular formula is C14H24N4. The van der Waals surface area contributed by atoms with Crippen molar-refractivity contribution in [3.05, 3.63) is 11.4 Å². The van der Waals surface area contributed by atoms with E-state index in [9.17, 15) is 0 Å². The Kier molecular flexibility index (Phi) is 4.04. The largest absolute Gasteiger partial charge is 0.370 e. The van der Waals surface area contributed by atoms with Crippen LogP contribution in [0.25, 0.3) is 0 Å². The molecule has 0 spiro atoms. The maximum atomic E-state index is 4.68. The fourth-order valence-electron chi connectivity index (χ4n) is 1.89. The Hall–Kier alpha value is -1.32. The van der Waals surface area contributed by atoms with Crippen molar-refractivity contribution in [1.29, 1.82) is 0 Å². The van der Waals surface area contributed by atoms with Crippen LogP contribution in [0.5, 0.6) is 0 Å². The van der Waals surface area contributed by atoms with E-state index in [1.54, 1.807) is 0 Å². The van der Waals surface area contributed by atoms with Gasteiger partial charge in [-0.3, -0.25) is 0 Å². The van der Waals surface area contributed by atoms with Crippen molar-refractivity contribution in [2.24, 2.45) is 0 Å². The lowest BCUT2D eigenvalue weighted by Gasteiger charge is -2.16. The molecule has 1 fully saturated rings. The van der Waals surface area contributed by atoms with Crippen LogP contribution in [-0.4, -0.2) is 22.6 Å². The van der Waals surface area contributed by atoms with Gasteiger partial charge in [-0.2, -0.15) is 0 Å². The molecule has 100 valence electrons. The lowest BCUT2D eigenvalue weighted by Crippen LogP contribution is -2.16. The third-order valence-electron chi connectivity index (χ3n) is 3.07. The topological polar surface area (TPSA) is 49.8 Å². The highest BCUT2D eigenvalue weighted by Crippen LogP contribution is 2.39. The Morgan fingerprint density at radius 1 is 1.22 bits per heavy atom. The molecule has 0 aliphatic heterocycles. The van der Waals surface area contributed by atoms with E-state index in [1.807, 2.05) is 0 Å². The van der Waals surface area contributed by atoms with Gasteiger partial charge in [0.25, 0.3) is 0 Å². The fraction of sp³-hybridized carbons (Fsp3) is 0.714. The molecular weight excluding hydrogens is 224 g/mol. The van der Waals surface area contributed by atoms with Gasteiger partial charge in [-0.25, -0.2) is 9.97 Å². The van der Waals surface area contributed by atoms with Crippen LogP contribution in [0.15, 0.2) is 0 Å². The Bertz CT molecular complexity index is 411. The van der Waals surface area contributed by atoms with Crippen LogP contribution in [-0.2, 0) is 0 Å². The first kappa shape index (κ1) is 13.1. The first-order valence-electron chi connectivity index (χ1n) is 7.00. The van der Waals surface area contributed by atoms with Crippen molar-refractivity contribution in [1.82, 2.24) is 9.97 Å². The molecule has 0 bridgehead atoms. The molecule has 1 aromatic heterocycles. The first-order chi connectivity index (χ1) is 8.61. The number of aromatic nitrogens is 2. The normalized spacial score (nSPS) is 14.9. The minimum Gasteiger partial charge on any atom is -0.370 e. The summed E-state index contributed by atoms with van der Waals surface area (Å²) in [5.74, 6) is 3.57. The van der Waals surface area contributed by atoms with E-state index in [4.69, 9.17) is 0 Å². The van der Waals surface area contributed by atoms with Gasteiger partial charge in [-0.15, -0.1) is 0 Å². The number of rotatable bonds is 6. The van der Waals surface area contributed by atoms with Gasteiger partial charge < -0.3 is 10.6 Å². The van der Waals surface area contributed by atoms with Crippen molar-refractivity contribution in [2.75, 3.05) is 17.2 Å². The molecule has 4 heteroatoms. The van der Waals surface area contributed by atoms with Crippen LogP contribution >= 0.6 is 0 Å². The third-order valence-corrected chi connectivity index (χ3v) is 3.07. The molecule has 1 heterocycles. The molecule has 1 aromatic rings. The zero-order chi connectivity index (χ0) is 13.1. The van der Waals surface area contributed by atoms with Crippen molar-refractivity contribution in [2.45, 2.75) is 58.9 Å². The summed E-state index contributed by atoms with van der Waals surface area (Å²) in [6, 6.07) is 0.393. The van der Waals surface area contributed by atoms with Crippen LogP contribution in [0.2, 0.25) is 0 Å². The molecule has 0 atom stereocenters. The van der Waals surface area contributed by atoms with E-state index < -0.39 is 0 Å². The molecule has 0 unspecified atom stereocenters. The standard InChI is InChI=1S/C14H24N4/c1-5-8-15-12-10(4)13(16-9(2)3)18-14(17-12)11-6-7-11/h9,11H,5-8H2,1-4H3,(H2,15,16,17,18).